The van der Waals surface area contributed by atoms with Crippen LogP contribution in [0.3, 0.4) is 0 Å². The first-order valence-electron chi connectivity index (χ1n) is 7.37. The molecule has 2 aromatic carbocycles. The van der Waals surface area contributed by atoms with Crippen LogP contribution >= 0.6 is 0 Å². The number of nitrogens with one attached hydrogen (secondary N) is 1. The van der Waals surface area contributed by atoms with Gasteiger partial charge in [0.15, 0.2) is 0 Å². The lowest BCUT2D eigenvalue weighted by atomic mass is 9.90. The summed E-state index contributed by atoms with van der Waals surface area (Å²) in [5.74, 6) is -0.182. The monoisotopic (exact) mass is 269 g/mol. The zero-order chi connectivity index (χ0) is 13.9. The molecular weight excluding hydrogens is 249 g/mol. The first-order valence-corrected chi connectivity index (χ1v) is 7.37. The van der Waals surface area contributed by atoms with Crippen molar-refractivity contribution in [2.75, 3.05) is 5.32 Å². The van der Waals surface area contributed by atoms with Crippen molar-refractivity contribution in [1.82, 2.24) is 0 Å². The molecule has 2 heteroatoms. The van der Waals surface area contributed by atoms with Crippen molar-refractivity contribution in [2.45, 2.75) is 38.6 Å². The van der Waals surface area contributed by atoms with E-state index in [9.17, 15) is 4.39 Å². The number of rotatable bonds is 3. The standard InChI is InChI=1S/C18H20FN/c1-13(14-9-11-16(19)12-10-14)20-18-8-4-6-15-5-2-3-7-17(15)18/h4,6,8-13,20H,2-3,5,7H2,1H3. The van der Waals surface area contributed by atoms with Gasteiger partial charge in [-0.05, 0) is 67.5 Å². The molecule has 1 aliphatic rings. The summed E-state index contributed by atoms with van der Waals surface area (Å²) in [5.41, 5.74) is 5.29. The number of hydrogen-bond acceptors (Lipinski definition) is 1. The first kappa shape index (κ1) is 13.2. The minimum atomic E-state index is -0.182. The Balaban J connectivity index is 1.82. The molecule has 0 saturated heterocycles. The molecule has 1 aliphatic carbocycles. The van der Waals surface area contributed by atoms with Crippen LogP contribution in [0, 0.1) is 5.82 Å². The largest absolute Gasteiger partial charge is 0.378 e. The second-order valence-electron chi connectivity index (χ2n) is 5.57. The third-order valence-corrected chi connectivity index (χ3v) is 4.14. The Hall–Kier alpha value is -1.83. The lowest BCUT2D eigenvalue weighted by molar-refractivity contribution is 0.626. The molecule has 20 heavy (non-hydrogen) atoms. The van der Waals surface area contributed by atoms with E-state index >= 15 is 0 Å². The summed E-state index contributed by atoms with van der Waals surface area (Å²) in [4.78, 5) is 0. The molecule has 0 saturated carbocycles. The van der Waals surface area contributed by atoms with Gasteiger partial charge in [0.05, 0.1) is 0 Å². The molecule has 0 spiro atoms. The second-order valence-corrected chi connectivity index (χ2v) is 5.57. The Labute approximate surface area is 119 Å². The zero-order valence-electron chi connectivity index (χ0n) is 11.8. The second kappa shape index (κ2) is 5.66. The average molecular weight is 269 g/mol. The van der Waals surface area contributed by atoms with Crippen molar-refractivity contribution in [2.24, 2.45) is 0 Å². The molecule has 2 aromatic rings. The molecule has 0 bridgehead atoms. The minimum absolute atomic E-state index is 0.182. The van der Waals surface area contributed by atoms with Crippen LogP contribution in [-0.2, 0) is 12.8 Å². The summed E-state index contributed by atoms with van der Waals surface area (Å²) in [6.45, 7) is 2.12. The molecule has 1 nitrogen and oxygen atoms in total. The average Bonchev–Trinajstić information content (AvgIpc) is 2.48. The van der Waals surface area contributed by atoms with Gasteiger partial charge < -0.3 is 5.32 Å². The lowest BCUT2D eigenvalue weighted by Crippen LogP contribution is -2.11. The third-order valence-electron chi connectivity index (χ3n) is 4.14. The summed E-state index contributed by atoms with van der Waals surface area (Å²) >= 11 is 0. The third kappa shape index (κ3) is 2.69. The fourth-order valence-corrected chi connectivity index (χ4v) is 2.98. The Morgan fingerprint density at radius 2 is 1.75 bits per heavy atom. The molecule has 0 aromatic heterocycles. The lowest BCUT2D eigenvalue weighted by Gasteiger charge is -2.23. The SMILES string of the molecule is CC(Nc1cccc2c1CCCC2)c1ccc(F)cc1. The predicted octanol–water partition coefficient (Wildman–Crippen LogP) is 4.88. The van der Waals surface area contributed by atoms with Crippen LogP contribution in [0.2, 0.25) is 0 Å². The highest BCUT2D eigenvalue weighted by Gasteiger charge is 2.14. The van der Waals surface area contributed by atoms with Gasteiger partial charge in [-0.25, -0.2) is 4.39 Å². The Bertz CT molecular complexity index is 589. The van der Waals surface area contributed by atoms with Gasteiger partial charge in [0.25, 0.3) is 0 Å². The van der Waals surface area contributed by atoms with E-state index in [0.29, 0.717) is 0 Å². The number of anilines is 1. The first-order chi connectivity index (χ1) is 9.74. The fourth-order valence-electron chi connectivity index (χ4n) is 2.98. The smallest absolute Gasteiger partial charge is 0.123 e. The topological polar surface area (TPSA) is 12.0 Å². The van der Waals surface area contributed by atoms with Crippen LogP contribution in [-0.4, -0.2) is 0 Å². The fraction of sp³-hybridized carbons (Fsp3) is 0.333. The Kier molecular flexibility index (Phi) is 3.72. The molecule has 0 aliphatic heterocycles. The van der Waals surface area contributed by atoms with Gasteiger partial charge in [-0.1, -0.05) is 24.3 Å². The van der Waals surface area contributed by atoms with Crippen LogP contribution in [0.25, 0.3) is 0 Å². The highest BCUT2D eigenvalue weighted by molar-refractivity contribution is 5.56. The van der Waals surface area contributed by atoms with Crippen molar-refractivity contribution in [1.29, 1.82) is 0 Å². The summed E-state index contributed by atoms with van der Waals surface area (Å²) in [6.07, 6.45) is 4.92. The quantitative estimate of drug-likeness (QED) is 0.837. The molecule has 1 N–H and O–H groups in total. The van der Waals surface area contributed by atoms with Crippen molar-refractivity contribution < 1.29 is 4.39 Å². The van der Waals surface area contributed by atoms with Gasteiger partial charge in [0, 0.05) is 11.7 Å². The molecular formula is C18H20FN. The Morgan fingerprint density at radius 3 is 2.55 bits per heavy atom. The van der Waals surface area contributed by atoms with E-state index in [1.165, 1.54) is 48.2 Å². The highest BCUT2D eigenvalue weighted by Crippen LogP contribution is 2.30. The van der Waals surface area contributed by atoms with Crippen LogP contribution < -0.4 is 5.32 Å². The zero-order valence-corrected chi connectivity index (χ0v) is 11.8. The van der Waals surface area contributed by atoms with E-state index in [1.54, 1.807) is 0 Å². The predicted molar refractivity (Wildman–Crippen MR) is 81.5 cm³/mol. The van der Waals surface area contributed by atoms with Crippen LogP contribution in [0.4, 0.5) is 10.1 Å². The number of hydrogen-bond donors (Lipinski definition) is 1. The van der Waals surface area contributed by atoms with Crippen LogP contribution in [0.1, 0.15) is 42.5 Å². The van der Waals surface area contributed by atoms with E-state index in [4.69, 9.17) is 0 Å². The van der Waals surface area contributed by atoms with E-state index in [2.05, 4.69) is 30.4 Å². The maximum Gasteiger partial charge on any atom is 0.123 e. The van der Waals surface area contributed by atoms with E-state index in [0.717, 1.165) is 12.0 Å². The van der Waals surface area contributed by atoms with Gasteiger partial charge in [0.1, 0.15) is 5.82 Å². The van der Waals surface area contributed by atoms with Gasteiger partial charge in [0.2, 0.25) is 0 Å². The Morgan fingerprint density at radius 1 is 1.00 bits per heavy atom. The van der Waals surface area contributed by atoms with Gasteiger partial charge >= 0.3 is 0 Å². The molecule has 3 rings (SSSR count). The summed E-state index contributed by atoms with van der Waals surface area (Å²) in [7, 11) is 0. The normalized spacial score (nSPS) is 15.5. The molecule has 0 fully saturated rings. The van der Waals surface area contributed by atoms with Crippen molar-refractivity contribution in [3.8, 4) is 0 Å². The summed E-state index contributed by atoms with van der Waals surface area (Å²) in [5, 5.41) is 3.58. The summed E-state index contributed by atoms with van der Waals surface area (Å²) < 4.78 is 13.0. The van der Waals surface area contributed by atoms with Crippen molar-refractivity contribution in [3.05, 3.63) is 65.0 Å². The van der Waals surface area contributed by atoms with Crippen LogP contribution in [0.5, 0.6) is 0 Å². The highest BCUT2D eigenvalue weighted by atomic mass is 19.1. The molecule has 1 unspecified atom stereocenters. The number of aryl methyl sites for hydroxylation is 1. The number of halogens is 1. The van der Waals surface area contributed by atoms with Crippen molar-refractivity contribution in [3.63, 3.8) is 0 Å². The maximum atomic E-state index is 13.0. The van der Waals surface area contributed by atoms with Gasteiger partial charge in [-0.3, -0.25) is 0 Å². The van der Waals surface area contributed by atoms with E-state index in [1.807, 2.05) is 12.1 Å². The van der Waals surface area contributed by atoms with Gasteiger partial charge in [-0.2, -0.15) is 0 Å². The van der Waals surface area contributed by atoms with Gasteiger partial charge in [-0.15, -0.1) is 0 Å². The minimum Gasteiger partial charge on any atom is -0.378 e. The van der Waals surface area contributed by atoms with Crippen molar-refractivity contribution >= 4 is 5.69 Å². The molecule has 0 amide bonds. The van der Waals surface area contributed by atoms with Crippen LogP contribution in [0.15, 0.2) is 42.5 Å². The molecule has 1 atom stereocenters. The maximum absolute atomic E-state index is 13.0. The molecule has 0 radical (unpaired) electrons. The molecule has 0 heterocycles. The van der Waals surface area contributed by atoms with E-state index in [-0.39, 0.29) is 11.9 Å². The summed E-state index contributed by atoms with van der Waals surface area (Å²) in [6, 6.07) is 13.5. The number of benzene rings is 2. The number of fused-ring (bicyclic) bond motifs is 1. The molecule has 104 valence electrons. The van der Waals surface area contributed by atoms with E-state index < -0.39 is 0 Å².